The Labute approximate surface area is 134 Å². The first-order valence-electron chi connectivity index (χ1n) is 7.50. The lowest BCUT2D eigenvalue weighted by Gasteiger charge is -2.08. The number of hydrogen-bond acceptors (Lipinski definition) is 4. The van der Waals surface area contributed by atoms with Crippen LogP contribution in [0.1, 0.15) is 35.5 Å². The predicted molar refractivity (Wildman–Crippen MR) is 89.6 cm³/mol. The number of rotatable bonds is 5. The van der Waals surface area contributed by atoms with Gasteiger partial charge in [0.05, 0.1) is 10.5 Å². The molecule has 0 bridgehead atoms. The summed E-state index contributed by atoms with van der Waals surface area (Å²) in [5, 5.41) is 4.99. The normalized spacial score (nSPS) is 17.7. The van der Waals surface area contributed by atoms with Crippen LogP contribution in [-0.2, 0) is 16.0 Å². The second-order valence-electron chi connectivity index (χ2n) is 5.28. The summed E-state index contributed by atoms with van der Waals surface area (Å²) in [7, 11) is 1.79. The maximum atomic E-state index is 12.8. The fourth-order valence-electron chi connectivity index (χ4n) is 2.73. The molecule has 22 heavy (non-hydrogen) atoms. The molecule has 1 aliphatic rings. The van der Waals surface area contributed by atoms with Crippen molar-refractivity contribution in [1.82, 2.24) is 5.32 Å². The van der Waals surface area contributed by atoms with Gasteiger partial charge in [0.25, 0.3) is 0 Å². The minimum Gasteiger partial charge on any atom is -0.461 e. The van der Waals surface area contributed by atoms with E-state index in [9.17, 15) is 4.79 Å². The zero-order valence-corrected chi connectivity index (χ0v) is 13.6. The number of ether oxygens (including phenoxy) is 1. The molecule has 1 aromatic carbocycles. The Bertz CT molecular complexity index is 704. The lowest BCUT2D eigenvalue weighted by atomic mass is 9.97. The Morgan fingerprint density at radius 2 is 2.14 bits per heavy atom. The average molecular weight is 313 g/mol. The fourth-order valence-corrected chi connectivity index (χ4v) is 3.48. The van der Waals surface area contributed by atoms with E-state index >= 15 is 0 Å². The van der Waals surface area contributed by atoms with Gasteiger partial charge in [0.15, 0.2) is 12.0 Å². The van der Waals surface area contributed by atoms with Gasteiger partial charge in [-0.05, 0) is 29.0 Å². The molecular formula is C18H19NO2S. The largest absolute Gasteiger partial charge is 0.461 e. The van der Waals surface area contributed by atoms with E-state index in [4.69, 9.17) is 4.74 Å². The summed E-state index contributed by atoms with van der Waals surface area (Å²) >= 11 is 1.54. The standard InChI is InChI=1S/C18H19NO2S/c1-3-6-12-7-4-8-13(11-12)15-16(20)17(21-18(15)19-2)14-9-5-10-22-14/h4-5,7-11,17,19H,3,6H2,1-2H3. The second kappa shape index (κ2) is 6.36. The molecule has 0 aliphatic carbocycles. The molecule has 4 heteroatoms. The number of aryl methyl sites for hydroxylation is 1. The van der Waals surface area contributed by atoms with Gasteiger partial charge in [-0.15, -0.1) is 11.3 Å². The third kappa shape index (κ3) is 2.66. The van der Waals surface area contributed by atoms with Gasteiger partial charge in [-0.2, -0.15) is 0 Å². The number of carbonyl (C=O) groups is 1. The summed E-state index contributed by atoms with van der Waals surface area (Å²) < 4.78 is 5.86. The van der Waals surface area contributed by atoms with E-state index < -0.39 is 6.10 Å². The Kier molecular flexibility index (Phi) is 4.29. The Morgan fingerprint density at radius 1 is 1.27 bits per heavy atom. The van der Waals surface area contributed by atoms with Crippen LogP contribution in [0.4, 0.5) is 0 Å². The van der Waals surface area contributed by atoms with E-state index in [-0.39, 0.29) is 5.78 Å². The van der Waals surface area contributed by atoms with Gasteiger partial charge in [0.2, 0.25) is 5.78 Å². The van der Waals surface area contributed by atoms with Crippen LogP contribution in [0.2, 0.25) is 0 Å². The molecule has 0 radical (unpaired) electrons. The molecule has 1 atom stereocenters. The van der Waals surface area contributed by atoms with Crippen molar-refractivity contribution in [2.45, 2.75) is 25.9 Å². The molecule has 1 N–H and O–H groups in total. The highest BCUT2D eigenvalue weighted by atomic mass is 32.1. The minimum absolute atomic E-state index is 0.0282. The lowest BCUT2D eigenvalue weighted by Crippen LogP contribution is -2.08. The van der Waals surface area contributed by atoms with Crippen LogP contribution in [-0.4, -0.2) is 12.8 Å². The van der Waals surface area contributed by atoms with Gasteiger partial charge in [-0.1, -0.05) is 43.7 Å². The van der Waals surface area contributed by atoms with Gasteiger partial charge >= 0.3 is 0 Å². The van der Waals surface area contributed by atoms with E-state index in [1.54, 1.807) is 18.4 Å². The number of ketones is 1. The number of thiophene rings is 1. The van der Waals surface area contributed by atoms with Crippen molar-refractivity contribution in [1.29, 1.82) is 0 Å². The molecule has 0 saturated carbocycles. The van der Waals surface area contributed by atoms with Crippen molar-refractivity contribution in [2.75, 3.05) is 7.05 Å². The molecule has 0 fully saturated rings. The van der Waals surface area contributed by atoms with E-state index in [0.717, 1.165) is 23.3 Å². The predicted octanol–water partition coefficient (Wildman–Crippen LogP) is 3.93. The third-order valence-electron chi connectivity index (χ3n) is 3.73. The van der Waals surface area contributed by atoms with Crippen molar-refractivity contribution in [2.24, 2.45) is 0 Å². The molecule has 2 heterocycles. The molecule has 3 rings (SSSR count). The van der Waals surface area contributed by atoms with Crippen molar-refractivity contribution in [3.8, 4) is 0 Å². The van der Waals surface area contributed by atoms with Crippen LogP contribution >= 0.6 is 11.3 Å². The molecule has 0 amide bonds. The summed E-state index contributed by atoms with van der Waals surface area (Å²) in [5.74, 6) is 0.595. The quantitative estimate of drug-likeness (QED) is 0.909. The first kappa shape index (κ1) is 14.9. The second-order valence-corrected chi connectivity index (χ2v) is 6.26. The van der Waals surface area contributed by atoms with E-state index in [2.05, 4.69) is 24.4 Å². The van der Waals surface area contributed by atoms with Gasteiger partial charge < -0.3 is 10.1 Å². The Balaban J connectivity index is 1.97. The van der Waals surface area contributed by atoms with Crippen LogP contribution < -0.4 is 5.32 Å². The van der Waals surface area contributed by atoms with Crippen LogP contribution in [0.3, 0.4) is 0 Å². The zero-order valence-electron chi connectivity index (χ0n) is 12.8. The molecular weight excluding hydrogens is 294 g/mol. The average Bonchev–Trinajstić information content (AvgIpc) is 3.15. The molecule has 3 nitrogen and oxygen atoms in total. The molecule has 1 unspecified atom stereocenters. The third-order valence-corrected chi connectivity index (χ3v) is 4.65. The summed E-state index contributed by atoms with van der Waals surface area (Å²) in [6.07, 6.45) is 1.58. The van der Waals surface area contributed by atoms with Gasteiger partial charge in [0.1, 0.15) is 0 Å². The monoisotopic (exact) mass is 313 g/mol. The van der Waals surface area contributed by atoms with Crippen LogP contribution in [0.5, 0.6) is 0 Å². The van der Waals surface area contributed by atoms with Crippen molar-refractivity contribution in [3.05, 3.63) is 63.7 Å². The fraction of sp³-hybridized carbons (Fsp3) is 0.278. The Hall–Kier alpha value is -2.07. The molecule has 0 saturated heterocycles. The molecule has 114 valence electrons. The summed E-state index contributed by atoms with van der Waals surface area (Å²) in [4.78, 5) is 13.8. The molecule has 2 aromatic rings. The minimum atomic E-state index is -0.521. The van der Waals surface area contributed by atoms with E-state index in [1.165, 1.54) is 5.56 Å². The smallest absolute Gasteiger partial charge is 0.214 e. The maximum Gasteiger partial charge on any atom is 0.214 e. The molecule has 1 aromatic heterocycles. The molecule has 0 spiro atoms. The maximum absolute atomic E-state index is 12.8. The highest BCUT2D eigenvalue weighted by Gasteiger charge is 2.37. The van der Waals surface area contributed by atoms with E-state index in [0.29, 0.717) is 11.5 Å². The number of benzene rings is 1. The van der Waals surface area contributed by atoms with Crippen molar-refractivity contribution >= 4 is 22.7 Å². The first-order valence-corrected chi connectivity index (χ1v) is 8.38. The van der Waals surface area contributed by atoms with Gasteiger partial charge in [0, 0.05) is 7.05 Å². The SMILES string of the molecule is CCCc1cccc(C2=C(NC)OC(c3cccs3)C2=O)c1. The number of hydrogen-bond donors (Lipinski definition) is 1. The highest BCUT2D eigenvalue weighted by Crippen LogP contribution is 2.38. The highest BCUT2D eigenvalue weighted by molar-refractivity contribution is 7.10. The number of Topliss-reactive ketones (excluding diaryl/α,β-unsaturated/α-hetero) is 1. The Morgan fingerprint density at radius 3 is 2.82 bits per heavy atom. The molecule has 1 aliphatic heterocycles. The topological polar surface area (TPSA) is 38.3 Å². The van der Waals surface area contributed by atoms with Gasteiger partial charge in [-0.3, -0.25) is 4.79 Å². The lowest BCUT2D eigenvalue weighted by molar-refractivity contribution is -0.120. The van der Waals surface area contributed by atoms with Crippen LogP contribution in [0.25, 0.3) is 5.57 Å². The van der Waals surface area contributed by atoms with Crippen molar-refractivity contribution < 1.29 is 9.53 Å². The van der Waals surface area contributed by atoms with Gasteiger partial charge in [-0.25, -0.2) is 0 Å². The van der Waals surface area contributed by atoms with E-state index in [1.807, 2.05) is 29.6 Å². The van der Waals surface area contributed by atoms with Crippen LogP contribution in [0, 0.1) is 0 Å². The summed E-state index contributed by atoms with van der Waals surface area (Å²) in [6, 6.07) is 12.1. The van der Waals surface area contributed by atoms with Crippen molar-refractivity contribution in [3.63, 3.8) is 0 Å². The number of nitrogens with one attached hydrogen (secondary N) is 1. The van der Waals surface area contributed by atoms with Crippen LogP contribution in [0.15, 0.2) is 47.7 Å². The summed E-state index contributed by atoms with van der Waals surface area (Å²) in [6.45, 7) is 2.15. The number of carbonyl (C=O) groups excluding carboxylic acids is 1. The summed E-state index contributed by atoms with van der Waals surface area (Å²) in [5.41, 5.74) is 2.83. The zero-order chi connectivity index (χ0) is 15.5. The first-order chi connectivity index (χ1) is 10.7.